The van der Waals surface area contributed by atoms with Crippen molar-refractivity contribution in [2.24, 2.45) is 13.0 Å². The molecule has 1 aliphatic heterocycles. The van der Waals surface area contributed by atoms with E-state index in [0.29, 0.717) is 34.7 Å². The normalized spacial score (nSPS) is 15.7. The Morgan fingerprint density at radius 3 is 2.63 bits per heavy atom. The number of ether oxygens (including phenoxy) is 1. The number of fused-ring (bicyclic) bond motifs is 1. The van der Waals surface area contributed by atoms with E-state index < -0.39 is 5.92 Å². The summed E-state index contributed by atoms with van der Waals surface area (Å²) >= 11 is 0. The smallest absolute Gasteiger partial charge is 0.272 e. The summed E-state index contributed by atoms with van der Waals surface area (Å²) in [5.74, 6) is 0.349. The first kappa shape index (κ1) is 22.4. The Bertz CT molecular complexity index is 1530. The first-order chi connectivity index (χ1) is 16.9. The van der Waals surface area contributed by atoms with Gasteiger partial charge in [-0.25, -0.2) is 0 Å². The van der Waals surface area contributed by atoms with Gasteiger partial charge in [-0.15, -0.1) is 6.58 Å². The van der Waals surface area contributed by atoms with E-state index in [-0.39, 0.29) is 23.8 Å². The van der Waals surface area contributed by atoms with Crippen molar-refractivity contribution in [3.05, 3.63) is 89.5 Å². The molecule has 1 unspecified atom stereocenters. The Morgan fingerprint density at radius 2 is 1.89 bits per heavy atom. The molecular formula is C28H25N3O4. The molecule has 1 fully saturated rings. The van der Waals surface area contributed by atoms with E-state index in [4.69, 9.17) is 4.74 Å². The molecule has 2 aromatic heterocycles. The van der Waals surface area contributed by atoms with Crippen molar-refractivity contribution in [3.8, 4) is 22.6 Å². The number of anilines is 1. The number of amides is 2. The zero-order chi connectivity index (χ0) is 24.7. The quantitative estimate of drug-likeness (QED) is 0.316. The number of benzene rings is 2. The zero-order valence-corrected chi connectivity index (χ0v) is 19.6. The molecule has 0 saturated carbocycles. The van der Waals surface area contributed by atoms with Crippen LogP contribution in [0.2, 0.25) is 0 Å². The number of carbonyl (C=O) groups is 2. The topological polar surface area (TPSA) is 84.4 Å². The minimum Gasteiger partial charge on any atom is -0.457 e. The number of pyridine rings is 1. The summed E-state index contributed by atoms with van der Waals surface area (Å²) in [7, 11) is 1.81. The van der Waals surface area contributed by atoms with Crippen LogP contribution in [0.5, 0.6) is 11.5 Å². The molecule has 4 aromatic rings. The zero-order valence-electron chi connectivity index (χ0n) is 19.6. The molecule has 1 N–H and O–H groups in total. The molecule has 2 amide bonds. The fraction of sp³-hybridized carbons (Fsp3) is 0.179. The number of nitrogens with zero attached hydrogens (tertiary/aromatic N) is 2. The molecule has 7 heteroatoms. The highest BCUT2D eigenvalue weighted by Crippen LogP contribution is 2.42. The van der Waals surface area contributed by atoms with Crippen molar-refractivity contribution in [2.45, 2.75) is 19.8 Å². The molecule has 0 radical (unpaired) electrons. The number of para-hydroxylation sites is 1. The molecule has 176 valence electrons. The minimum absolute atomic E-state index is 0.158. The molecule has 7 nitrogen and oxygen atoms in total. The summed E-state index contributed by atoms with van der Waals surface area (Å²) in [5, 5.41) is 0.743. The average molecular weight is 468 g/mol. The number of aromatic amines is 1. The van der Waals surface area contributed by atoms with Gasteiger partial charge in [0.2, 0.25) is 11.8 Å². The number of carbonyl (C=O) groups excluding carboxylic acids is 2. The van der Waals surface area contributed by atoms with Gasteiger partial charge in [-0.05, 0) is 49.2 Å². The second-order valence-corrected chi connectivity index (χ2v) is 8.77. The second kappa shape index (κ2) is 8.76. The van der Waals surface area contributed by atoms with E-state index in [1.807, 2.05) is 61.7 Å². The third-order valence-corrected chi connectivity index (χ3v) is 6.39. The van der Waals surface area contributed by atoms with Crippen molar-refractivity contribution in [1.29, 1.82) is 0 Å². The Kier molecular flexibility index (Phi) is 5.61. The number of nitrogens with one attached hydrogen (secondary N) is 1. The number of aryl methyl sites for hydroxylation is 2. The van der Waals surface area contributed by atoms with Gasteiger partial charge in [0, 0.05) is 42.4 Å². The molecule has 35 heavy (non-hydrogen) atoms. The maximum absolute atomic E-state index is 13.1. The number of hydrogen-bond donors (Lipinski definition) is 1. The molecule has 2 aromatic carbocycles. The number of aromatic nitrogens is 2. The van der Waals surface area contributed by atoms with Crippen LogP contribution in [0.15, 0.2) is 78.4 Å². The number of allylic oxidation sites excluding steroid dienone is 1. The molecule has 0 bridgehead atoms. The van der Waals surface area contributed by atoms with Crippen LogP contribution in [0.4, 0.5) is 5.69 Å². The third kappa shape index (κ3) is 3.85. The van der Waals surface area contributed by atoms with E-state index >= 15 is 0 Å². The van der Waals surface area contributed by atoms with Crippen LogP contribution in [-0.4, -0.2) is 21.4 Å². The highest BCUT2D eigenvalue weighted by Gasteiger charge is 2.39. The van der Waals surface area contributed by atoms with Gasteiger partial charge in [0.1, 0.15) is 17.0 Å². The monoisotopic (exact) mass is 467 g/mol. The summed E-state index contributed by atoms with van der Waals surface area (Å²) in [6, 6.07) is 14.9. The van der Waals surface area contributed by atoms with Gasteiger partial charge in [-0.1, -0.05) is 24.3 Å². The first-order valence-electron chi connectivity index (χ1n) is 11.4. The maximum atomic E-state index is 13.1. The van der Waals surface area contributed by atoms with Crippen LogP contribution < -0.4 is 15.2 Å². The molecule has 0 spiro atoms. The van der Waals surface area contributed by atoms with E-state index in [0.717, 1.165) is 16.5 Å². The number of H-pyrrole nitrogens is 1. The lowest BCUT2D eigenvalue weighted by Crippen LogP contribution is -2.31. The van der Waals surface area contributed by atoms with E-state index in [9.17, 15) is 14.4 Å². The molecule has 5 rings (SSSR count). The lowest BCUT2D eigenvalue weighted by atomic mass is 10.00. The lowest BCUT2D eigenvalue weighted by Gasteiger charge is -2.21. The fourth-order valence-electron chi connectivity index (χ4n) is 4.73. The highest BCUT2D eigenvalue weighted by molar-refractivity contribution is 6.21. The van der Waals surface area contributed by atoms with Gasteiger partial charge in [0.05, 0.1) is 11.6 Å². The number of hydrogen-bond acceptors (Lipinski definition) is 4. The van der Waals surface area contributed by atoms with Gasteiger partial charge < -0.3 is 14.3 Å². The standard InChI is InChI=1S/C28H25N3O4/c1-4-8-18-14-25(32)31(28(18)34)23-15-21(22-16-30(3)26-20(22)11-12-29-27(26)33)24(13-17(23)2)35-19-9-6-5-7-10-19/h4-7,9-13,15-16,18H,1,8,14H2,2-3H3,(H,29,33). The molecular weight excluding hydrogens is 442 g/mol. The second-order valence-electron chi connectivity index (χ2n) is 8.77. The predicted octanol–water partition coefficient (Wildman–Crippen LogP) is 5.09. The van der Waals surface area contributed by atoms with Crippen LogP contribution >= 0.6 is 0 Å². The van der Waals surface area contributed by atoms with Crippen LogP contribution in [0.3, 0.4) is 0 Å². The van der Waals surface area contributed by atoms with Crippen molar-refractivity contribution < 1.29 is 14.3 Å². The Hall–Kier alpha value is -4.39. The SMILES string of the molecule is C=CCC1CC(=O)N(c2cc(-c3cn(C)c4c(=O)[nH]ccc34)c(Oc3ccccc3)cc2C)C1=O. The van der Waals surface area contributed by atoms with Crippen LogP contribution in [0.25, 0.3) is 22.0 Å². The first-order valence-corrected chi connectivity index (χ1v) is 11.4. The van der Waals surface area contributed by atoms with E-state index in [1.54, 1.807) is 23.9 Å². The van der Waals surface area contributed by atoms with Gasteiger partial charge in [0.15, 0.2) is 0 Å². The Labute approximate surface area is 202 Å². The van der Waals surface area contributed by atoms with Gasteiger partial charge in [-0.2, -0.15) is 0 Å². The predicted molar refractivity (Wildman–Crippen MR) is 136 cm³/mol. The van der Waals surface area contributed by atoms with E-state index in [2.05, 4.69) is 11.6 Å². The van der Waals surface area contributed by atoms with Crippen LogP contribution in [0.1, 0.15) is 18.4 Å². The van der Waals surface area contributed by atoms with Crippen molar-refractivity contribution in [3.63, 3.8) is 0 Å². The van der Waals surface area contributed by atoms with Crippen molar-refractivity contribution >= 4 is 28.4 Å². The van der Waals surface area contributed by atoms with Gasteiger partial charge >= 0.3 is 0 Å². The third-order valence-electron chi connectivity index (χ3n) is 6.39. The molecule has 1 aliphatic rings. The van der Waals surface area contributed by atoms with Crippen LogP contribution in [0, 0.1) is 12.8 Å². The van der Waals surface area contributed by atoms with Crippen LogP contribution in [-0.2, 0) is 16.6 Å². The molecule has 0 aliphatic carbocycles. The highest BCUT2D eigenvalue weighted by atomic mass is 16.5. The summed E-state index contributed by atoms with van der Waals surface area (Å²) in [4.78, 5) is 42.5. The Balaban J connectivity index is 1.72. The minimum atomic E-state index is -0.404. The van der Waals surface area contributed by atoms with Crippen molar-refractivity contribution in [2.75, 3.05) is 4.90 Å². The maximum Gasteiger partial charge on any atom is 0.272 e. The molecule has 1 atom stereocenters. The average Bonchev–Trinajstić information content (AvgIpc) is 3.31. The van der Waals surface area contributed by atoms with Gasteiger partial charge in [0.25, 0.3) is 5.56 Å². The molecule has 1 saturated heterocycles. The summed E-state index contributed by atoms with van der Waals surface area (Å²) in [6.45, 7) is 5.57. The summed E-state index contributed by atoms with van der Waals surface area (Å²) < 4.78 is 8.03. The fourth-order valence-corrected chi connectivity index (χ4v) is 4.73. The number of rotatable bonds is 6. The van der Waals surface area contributed by atoms with Crippen molar-refractivity contribution in [1.82, 2.24) is 9.55 Å². The summed E-state index contributed by atoms with van der Waals surface area (Å²) in [5.41, 5.74) is 3.02. The Morgan fingerprint density at radius 1 is 1.11 bits per heavy atom. The molecule has 3 heterocycles. The van der Waals surface area contributed by atoms with E-state index in [1.165, 1.54) is 4.90 Å². The largest absolute Gasteiger partial charge is 0.457 e. The number of imide groups is 1. The lowest BCUT2D eigenvalue weighted by molar-refractivity contribution is -0.122. The summed E-state index contributed by atoms with van der Waals surface area (Å²) in [6.07, 6.45) is 5.75. The van der Waals surface area contributed by atoms with Gasteiger partial charge in [-0.3, -0.25) is 19.3 Å².